The Morgan fingerprint density at radius 1 is 1.23 bits per heavy atom. The van der Waals surface area contributed by atoms with E-state index >= 15 is 0 Å². The van der Waals surface area contributed by atoms with Crippen LogP contribution < -0.4 is 16.0 Å². The molecule has 0 atom stereocenters. The first-order valence-electron chi connectivity index (χ1n) is 7.79. The van der Waals surface area contributed by atoms with Gasteiger partial charge in [-0.1, -0.05) is 19.9 Å². The van der Waals surface area contributed by atoms with Crippen molar-refractivity contribution >= 4 is 11.7 Å². The zero-order valence-corrected chi connectivity index (χ0v) is 14.7. The van der Waals surface area contributed by atoms with E-state index in [0.717, 1.165) is 18.5 Å². The van der Waals surface area contributed by atoms with Crippen LogP contribution >= 0.6 is 0 Å². The van der Waals surface area contributed by atoms with E-state index in [9.17, 15) is 9.90 Å². The van der Waals surface area contributed by atoms with Crippen LogP contribution in [0.1, 0.15) is 46.6 Å². The largest absolute Gasteiger partial charge is 0.506 e. The first-order chi connectivity index (χ1) is 10.2. The van der Waals surface area contributed by atoms with Crippen molar-refractivity contribution in [3.63, 3.8) is 0 Å². The van der Waals surface area contributed by atoms with E-state index in [4.69, 9.17) is 0 Å². The van der Waals surface area contributed by atoms with Crippen LogP contribution in [0.15, 0.2) is 18.2 Å². The Kier molecular flexibility index (Phi) is 9.26. The summed E-state index contributed by atoms with van der Waals surface area (Å²) in [6, 6.07) is 4.81. The number of carbonyl (C=O) groups is 1. The molecule has 0 unspecified atom stereocenters. The fraction of sp³-hybridized carbons (Fsp3) is 0.588. The molecule has 5 nitrogen and oxygen atoms in total. The van der Waals surface area contributed by atoms with E-state index in [1.54, 1.807) is 12.1 Å². The van der Waals surface area contributed by atoms with Crippen LogP contribution in [0.3, 0.4) is 0 Å². The number of phenols is 1. The van der Waals surface area contributed by atoms with Crippen LogP contribution in [0.2, 0.25) is 0 Å². The summed E-state index contributed by atoms with van der Waals surface area (Å²) in [7, 11) is 1.52. The summed E-state index contributed by atoms with van der Waals surface area (Å²) in [6.07, 6.45) is 2.08. The molecule has 0 aliphatic rings. The number of carbonyl (C=O) groups excluding carboxylic acids is 1. The highest BCUT2D eigenvalue weighted by atomic mass is 16.3. The van der Waals surface area contributed by atoms with E-state index in [0.29, 0.717) is 11.2 Å². The minimum Gasteiger partial charge on any atom is -0.506 e. The molecular formula is C17H31N3O2. The van der Waals surface area contributed by atoms with Crippen molar-refractivity contribution in [3.05, 3.63) is 23.8 Å². The van der Waals surface area contributed by atoms with E-state index < -0.39 is 0 Å². The van der Waals surface area contributed by atoms with Crippen molar-refractivity contribution in [2.75, 3.05) is 18.9 Å². The SMILES string of the molecule is CCCNC(C)(C)C.CCc1ccc(O)c(NC(=O)NC)c1. The van der Waals surface area contributed by atoms with Crippen molar-refractivity contribution in [1.29, 1.82) is 0 Å². The molecule has 1 aromatic carbocycles. The number of aromatic hydroxyl groups is 1. The number of phenolic OH excluding ortho intramolecular Hbond substituents is 1. The number of hydrogen-bond donors (Lipinski definition) is 4. The highest BCUT2D eigenvalue weighted by molar-refractivity contribution is 5.90. The van der Waals surface area contributed by atoms with Gasteiger partial charge < -0.3 is 21.1 Å². The average Bonchev–Trinajstić information content (AvgIpc) is 2.47. The molecule has 126 valence electrons. The lowest BCUT2D eigenvalue weighted by atomic mass is 10.1. The topological polar surface area (TPSA) is 73.4 Å². The van der Waals surface area contributed by atoms with Crippen molar-refractivity contribution < 1.29 is 9.90 Å². The molecule has 2 amide bonds. The van der Waals surface area contributed by atoms with Gasteiger partial charge in [-0.25, -0.2) is 4.79 Å². The number of nitrogens with one attached hydrogen (secondary N) is 3. The Morgan fingerprint density at radius 3 is 2.27 bits per heavy atom. The van der Waals surface area contributed by atoms with Crippen molar-refractivity contribution in [3.8, 4) is 5.75 Å². The Labute approximate surface area is 134 Å². The molecule has 1 aromatic rings. The van der Waals surface area contributed by atoms with Crippen LogP contribution in [-0.4, -0.2) is 30.3 Å². The maximum atomic E-state index is 11.0. The van der Waals surface area contributed by atoms with Gasteiger partial charge in [0.2, 0.25) is 0 Å². The number of aryl methyl sites for hydroxylation is 1. The minimum atomic E-state index is -0.339. The number of benzene rings is 1. The Morgan fingerprint density at radius 2 is 1.86 bits per heavy atom. The molecule has 0 fully saturated rings. The van der Waals surface area contributed by atoms with Crippen LogP contribution in [0.25, 0.3) is 0 Å². The number of hydrogen-bond acceptors (Lipinski definition) is 3. The maximum absolute atomic E-state index is 11.0. The monoisotopic (exact) mass is 309 g/mol. The maximum Gasteiger partial charge on any atom is 0.319 e. The van der Waals surface area contributed by atoms with Gasteiger partial charge in [-0.15, -0.1) is 0 Å². The number of amides is 2. The van der Waals surface area contributed by atoms with Gasteiger partial charge in [0.1, 0.15) is 5.75 Å². The number of anilines is 1. The second kappa shape index (κ2) is 10.1. The van der Waals surface area contributed by atoms with Gasteiger partial charge in [-0.05, 0) is 57.9 Å². The standard InChI is InChI=1S/C10H14N2O2.C7H17N/c1-3-7-4-5-9(13)8(6-7)12-10(14)11-2;1-5-6-8-7(2,3)4/h4-6,13H,3H2,1-2H3,(H2,11,12,14);8H,5-6H2,1-4H3. The highest BCUT2D eigenvalue weighted by Gasteiger charge is 2.05. The first-order valence-corrected chi connectivity index (χ1v) is 7.79. The van der Waals surface area contributed by atoms with E-state index in [-0.39, 0.29) is 11.8 Å². The van der Waals surface area contributed by atoms with Gasteiger partial charge in [-0.3, -0.25) is 0 Å². The van der Waals surface area contributed by atoms with E-state index in [2.05, 4.69) is 43.6 Å². The van der Waals surface area contributed by atoms with Crippen LogP contribution in [0.4, 0.5) is 10.5 Å². The second-order valence-corrected chi connectivity index (χ2v) is 6.09. The summed E-state index contributed by atoms with van der Waals surface area (Å²) in [5.74, 6) is 0.0748. The van der Waals surface area contributed by atoms with Crippen LogP contribution in [0, 0.1) is 0 Å². The zero-order chi connectivity index (χ0) is 17.2. The first kappa shape index (κ1) is 20.2. The molecule has 0 aromatic heterocycles. The van der Waals surface area contributed by atoms with Crippen molar-refractivity contribution in [2.45, 2.75) is 53.0 Å². The third-order valence-corrected chi connectivity index (χ3v) is 2.85. The van der Waals surface area contributed by atoms with Crippen LogP contribution in [0.5, 0.6) is 5.75 Å². The molecule has 0 saturated heterocycles. The molecule has 0 radical (unpaired) electrons. The fourth-order valence-corrected chi connectivity index (χ4v) is 1.59. The van der Waals surface area contributed by atoms with E-state index in [1.807, 2.05) is 13.0 Å². The molecule has 0 bridgehead atoms. The van der Waals surface area contributed by atoms with Crippen LogP contribution in [-0.2, 0) is 6.42 Å². The van der Waals surface area contributed by atoms with Crippen molar-refractivity contribution in [1.82, 2.24) is 10.6 Å². The summed E-state index contributed by atoms with van der Waals surface area (Å²) >= 11 is 0. The molecule has 0 aliphatic carbocycles. The molecule has 1 rings (SSSR count). The lowest BCUT2D eigenvalue weighted by molar-refractivity contribution is 0.254. The molecule has 5 heteroatoms. The van der Waals surface area contributed by atoms with E-state index in [1.165, 1.54) is 13.5 Å². The predicted octanol–water partition coefficient (Wildman–Crippen LogP) is 3.49. The van der Waals surface area contributed by atoms with Crippen molar-refractivity contribution in [2.24, 2.45) is 0 Å². The molecular weight excluding hydrogens is 278 g/mol. The third kappa shape index (κ3) is 9.23. The summed E-state index contributed by atoms with van der Waals surface area (Å²) in [6.45, 7) is 11.9. The molecule has 4 N–H and O–H groups in total. The molecule has 0 spiro atoms. The third-order valence-electron chi connectivity index (χ3n) is 2.85. The van der Waals surface area contributed by atoms with Gasteiger partial charge in [-0.2, -0.15) is 0 Å². The molecule has 0 saturated carbocycles. The Bertz CT molecular complexity index is 454. The Hall–Kier alpha value is -1.75. The summed E-state index contributed by atoms with van der Waals surface area (Å²) in [5.41, 5.74) is 1.80. The van der Waals surface area contributed by atoms with Gasteiger partial charge in [0.15, 0.2) is 0 Å². The van der Waals surface area contributed by atoms with Gasteiger partial charge in [0, 0.05) is 12.6 Å². The number of rotatable bonds is 4. The normalized spacial score (nSPS) is 10.5. The second-order valence-electron chi connectivity index (χ2n) is 6.09. The summed E-state index contributed by atoms with van der Waals surface area (Å²) in [5, 5.41) is 17.8. The summed E-state index contributed by atoms with van der Waals surface area (Å²) in [4.78, 5) is 11.0. The molecule has 0 aliphatic heterocycles. The Balaban J connectivity index is 0.000000472. The minimum absolute atomic E-state index is 0.0748. The summed E-state index contributed by atoms with van der Waals surface area (Å²) < 4.78 is 0. The number of urea groups is 1. The smallest absolute Gasteiger partial charge is 0.319 e. The molecule has 0 heterocycles. The lowest BCUT2D eigenvalue weighted by Gasteiger charge is -2.19. The highest BCUT2D eigenvalue weighted by Crippen LogP contribution is 2.24. The predicted molar refractivity (Wildman–Crippen MR) is 93.6 cm³/mol. The lowest BCUT2D eigenvalue weighted by Crippen LogP contribution is -2.36. The average molecular weight is 309 g/mol. The molecule has 22 heavy (non-hydrogen) atoms. The fourth-order valence-electron chi connectivity index (χ4n) is 1.59. The van der Waals surface area contributed by atoms with Gasteiger partial charge in [0.25, 0.3) is 0 Å². The zero-order valence-electron chi connectivity index (χ0n) is 14.7. The van der Waals surface area contributed by atoms with Gasteiger partial charge in [0.05, 0.1) is 5.69 Å². The quantitative estimate of drug-likeness (QED) is 0.643. The van der Waals surface area contributed by atoms with Gasteiger partial charge >= 0.3 is 6.03 Å².